The second-order valence-corrected chi connectivity index (χ2v) is 2.81. The Balaban J connectivity index is 3.10. The third-order valence-electron chi connectivity index (χ3n) is 1.72. The summed E-state index contributed by atoms with van der Waals surface area (Å²) in [5.74, 6) is 0. The van der Waals surface area contributed by atoms with Crippen molar-refractivity contribution in [2.45, 2.75) is 0 Å². The molecule has 2 N–H and O–H groups in total. The lowest BCUT2D eigenvalue weighted by molar-refractivity contribution is 0.112. The summed E-state index contributed by atoms with van der Waals surface area (Å²) in [7, 11) is 0. The maximum atomic E-state index is 10.5. The van der Waals surface area contributed by atoms with E-state index < -0.39 is 0 Å². The molecular weight excluding hydrogens is 178 g/mol. The molecule has 0 amide bonds. The van der Waals surface area contributed by atoms with Gasteiger partial charge in [-0.25, -0.2) is 0 Å². The Morgan fingerprint density at radius 2 is 1.50 bits per heavy atom. The zero-order valence-corrected chi connectivity index (χ0v) is 7.64. The molecule has 3 nitrogen and oxygen atoms in total. The first-order chi connectivity index (χ1) is 6.80. The number of nitrogens with two attached hydrogens (primary N) is 1. The van der Waals surface area contributed by atoms with Crippen molar-refractivity contribution in [3.8, 4) is 0 Å². The van der Waals surface area contributed by atoms with E-state index in [-0.39, 0.29) is 0 Å². The van der Waals surface area contributed by atoms with Crippen LogP contribution in [0.1, 0.15) is 26.3 Å². The first-order valence-corrected chi connectivity index (χ1v) is 4.22. The van der Waals surface area contributed by atoms with Crippen molar-refractivity contribution in [1.29, 1.82) is 0 Å². The molecule has 1 rings (SSSR count). The van der Waals surface area contributed by atoms with Gasteiger partial charge in [-0.15, -0.1) is 0 Å². The standard InChI is InChI=1S/C11H11NO2/c12-3-1-2-9-4-10(7-13)6-11(5-9)8-14/h1-2,4-8H,3,12H2. The number of hydrogen-bond acceptors (Lipinski definition) is 3. The van der Waals surface area contributed by atoms with Crippen LogP contribution in [0.15, 0.2) is 24.3 Å². The quantitative estimate of drug-likeness (QED) is 0.726. The molecule has 72 valence electrons. The normalized spacial score (nSPS) is 10.4. The lowest BCUT2D eigenvalue weighted by atomic mass is 10.1. The molecule has 0 saturated heterocycles. The molecule has 0 fully saturated rings. The number of aldehydes is 2. The second kappa shape index (κ2) is 5.09. The maximum Gasteiger partial charge on any atom is 0.150 e. The minimum absolute atomic E-state index is 0.432. The Labute approximate surface area is 82.2 Å². The van der Waals surface area contributed by atoms with E-state index in [1.54, 1.807) is 30.4 Å². The van der Waals surface area contributed by atoms with Gasteiger partial charge in [-0.05, 0) is 23.8 Å². The highest BCUT2D eigenvalue weighted by Gasteiger charge is 1.97. The molecule has 0 aliphatic rings. The van der Waals surface area contributed by atoms with Crippen LogP contribution < -0.4 is 5.73 Å². The highest BCUT2D eigenvalue weighted by molar-refractivity contribution is 5.83. The van der Waals surface area contributed by atoms with Crippen molar-refractivity contribution in [2.24, 2.45) is 5.73 Å². The second-order valence-electron chi connectivity index (χ2n) is 2.81. The summed E-state index contributed by atoms with van der Waals surface area (Å²) >= 11 is 0. The minimum Gasteiger partial charge on any atom is -0.327 e. The first kappa shape index (κ1) is 10.3. The Bertz CT molecular complexity index is 343. The van der Waals surface area contributed by atoms with Crippen LogP contribution in [0, 0.1) is 0 Å². The fourth-order valence-corrected chi connectivity index (χ4v) is 1.14. The fourth-order valence-electron chi connectivity index (χ4n) is 1.14. The summed E-state index contributed by atoms with van der Waals surface area (Å²) in [6.45, 7) is 0.432. The van der Waals surface area contributed by atoms with Crippen LogP contribution in [0.3, 0.4) is 0 Å². The number of benzene rings is 1. The van der Waals surface area contributed by atoms with Crippen LogP contribution in [0.4, 0.5) is 0 Å². The lowest BCUT2D eigenvalue weighted by Crippen LogP contribution is -1.92. The van der Waals surface area contributed by atoms with Crippen molar-refractivity contribution in [3.05, 3.63) is 41.0 Å². The van der Waals surface area contributed by atoms with Gasteiger partial charge in [-0.1, -0.05) is 12.2 Å². The predicted molar refractivity (Wildman–Crippen MR) is 55.3 cm³/mol. The first-order valence-electron chi connectivity index (χ1n) is 4.22. The summed E-state index contributed by atoms with van der Waals surface area (Å²) in [5.41, 5.74) is 7.08. The van der Waals surface area contributed by atoms with Gasteiger partial charge >= 0.3 is 0 Å². The molecule has 0 heterocycles. The van der Waals surface area contributed by atoms with Gasteiger partial charge in [0.1, 0.15) is 12.6 Å². The Morgan fingerprint density at radius 1 is 1.00 bits per heavy atom. The zero-order valence-electron chi connectivity index (χ0n) is 7.64. The molecule has 3 heteroatoms. The SMILES string of the molecule is NCC=Cc1cc(C=O)cc(C=O)c1. The van der Waals surface area contributed by atoms with Crippen LogP contribution >= 0.6 is 0 Å². The third-order valence-corrected chi connectivity index (χ3v) is 1.72. The average molecular weight is 189 g/mol. The number of hydrogen-bond donors (Lipinski definition) is 1. The van der Waals surface area contributed by atoms with Crippen LogP contribution in [0.5, 0.6) is 0 Å². The van der Waals surface area contributed by atoms with Crippen molar-refractivity contribution in [1.82, 2.24) is 0 Å². The summed E-state index contributed by atoms with van der Waals surface area (Å²) in [5, 5.41) is 0. The molecule has 0 saturated carbocycles. The van der Waals surface area contributed by atoms with Gasteiger partial charge in [-0.2, -0.15) is 0 Å². The van der Waals surface area contributed by atoms with Gasteiger partial charge in [0, 0.05) is 17.7 Å². The van der Waals surface area contributed by atoms with Crippen molar-refractivity contribution >= 4 is 18.6 Å². The van der Waals surface area contributed by atoms with E-state index >= 15 is 0 Å². The molecule has 0 aliphatic carbocycles. The van der Waals surface area contributed by atoms with Gasteiger partial charge in [0.15, 0.2) is 0 Å². The predicted octanol–water partition coefficient (Wildman–Crippen LogP) is 1.28. The van der Waals surface area contributed by atoms with Gasteiger partial charge in [0.05, 0.1) is 0 Å². The fraction of sp³-hybridized carbons (Fsp3) is 0.0909. The molecule has 0 radical (unpaired) electrons. The summed E-state index contributed by atoms with van der Waals surface area (Å²) in [6.07, 6.45) is 4.97. The topological polar surface area (TPSA) is 60.2 Å². The van der Waals surface area contributed by atoms with E-state index in [9.17, 15) is 9.59 Å². The minimum atomic E-state index is 0.432. The largest absolute Gasteiger partial charge is 0.327 e. The van der Waals surface area contributed by atoms with E-state index in [4.69, 9.17) is 5.73 Å². The lowest BCUT2D eigenvalue weighted by Gasteiger charge is -1.97. The van der Waals surface area contributed by atoms with Crippen LogP contribution in [-0.2, 0) is 0 Å². The van der Waals surface area contributed by atoms with E-state index in [0.29, 0.717) is 30.2 Å². The molecule has 0 atom stereocenters. The van der Waals surface area contributed by atoms with E-state index in [2.05, 4.69) is 0 Å². The zero-order chi connectivity index (χ0) is 10.4. The van der Waals surface area contributed by atoms with Gasteiger partial charge < -0.3 is 5.73 Å². The maximum absolute atomic E-state index is 10.5. The average Bonchev–Trinajstić information content (AvgIpc) is 2.25. The van der Waals surface area contributed by atoms with E-state index in [1.165, 1.54) is 0 Å². The monoisotopic (exact) mass is 189 g/mol. The summed E-state index contributed by atoms with van der Waals surface area (Å²) in [6, 6.07) is 4.94. The number of carbonyl (C=O) groups excluding carboxylic acids is 2. The Hall–Kier alpha value is -1.74. The van der Waals surface area contributed by atoms with Crippen molar-refractivity contribution in [2.75, 3.05) is 6.54 Å². The third kappa shape index (κ3) is 2.64. The molecule has 0 bridgehead atoms. The number of carbonyl (C=O) groups is 2. The van der Waals surface area contributed by atoms with Crippen LogP contribution in [0.25, 0.3) is 6.08 Å². The van der Waals surface area contributed by atoms with Gasteiger partial charge in [0.2, 0.25) is 0 Å². The van der Waals surface area contributed by atoms with Gasteiger partial charge in [0.25, 0.3) is 0 Å². The Morgan fingerprint density at radius 3 is 1.93 bits per heavy atom. The smallest absolute Gasteiger partial charge is 0.150 e. The van der Waals surface area contributed by atoms with Gasteiger partial charge in [-0.3, -0.25) is 9.59 Å². The highest BCUT2D eigenvalue weighted by Crippen LogP contribution is 2.09. The molecular formula is C11H11NO2. The highest BCUT2D eigenvalue weighted by atomic mass is 16.1. The molecule has 0 unspecified atom stereocenters. The summed E-state index contributed by atoms with van der Waals surface area (Å²) < 4.78 is 0. The molecule has 0 aromatic heterocycles. The van der Waals surface area contributed by atoms with Crippen LogP contribution in [0.2, 0.25) is 0 Å². The molecule has 1 aromatic rings. The van der Waals surface area contributed by atoms with E-state index in [1.807, 2.05) is 0 Å². The molecule has 1 aromatic carbocycles. The van der Waals surface area contributed by atoms with E-state index in [0.717, 1.165) is 5.56 Å². The summed E-state index contributed by atoms with van der Waals surface area (Å²) in [4.78, 5) is 21.1. The molecule has 0 spiro atoms. The van der Waals surface area contributed by atoms with Crippen LogP contribution in [-0.4, -0.2) is 19.1 Å². The molecule has 14 heavy (non-hydrogen) atoms. The van der Waals surface area contributed by atoms with Crippen molar-refractivity contribution < 1.29 is 9.59 Å². The number of rotatable bonds is 4. The van der Waals surface area contributed by atoms with Crippen molar-refractivity contribution in [3.63, 3.8) is 0 Å². The molecule has 0 aliphatic heterocycles. The Kier molecular flexibility index (Phi) is 3.76.